The summed E-state index contributed by atoms with van der Waals surface area (Å²) in [5.74, 6) is 2.81. The van der Waals surface area contributed by atoms with Gasteiger partial charge in [0, 0.05) is 13.1 Å². The normalized spacial score (nSPS) is 22.2. The lowest BCUT2D eigenvalue weighted by Gasteiger charge is -2.40. The summed E-state index contributed by atoms with van der Waals surface area (Å²) >= 11 is 5.90. The molecule has 1 aliphatic carbocycles. The van der Waals surface area contributed by atoms with Crippen molar-refractivity contribution in [1.82, 2.24) is 10.2 Å². The summed E-state index contributed by atoms with van der Waals surface area (Å²) in [4.78, 5) is 2.43. The van der Waals surface area contributed by atoms with Crippen molar-refractivity contribution in [2.75, 3.05) is 19.9 Å². The molecule has 2 bridgehead atoms. The second-order valence-corrected chi connectivity index (χ2v) is 9.66. The highest BCUT2D eigenvalue weighted by Crippen LogP contribution is 2.53. The predicted molar refractivity (Wildman–Crippen MR) is 135 cm³/mol. The molecule has 4 nitrogen and oxygen atoms in total. The summed E-state index contributed by atoms with van der Waals surface area (Å²) in [5, 5.41) is 4.41. The zero-order chi connectivity index (χ0) is 22.4. The Morgan fingerprint density at radius 3 is 2.64 bits per heavy atom. The number of piperidine rings is 1. The van der Waals surface area contributed by atoms with Gasteiger partial charge in [-0.2, -0.15) is 0 Å². The lowest BCUT2D eigenvalue weighted by atomic mass is 9.86. The highest BCUT2D eigenvalue weighted by atomic mass is 32.1. The molecule has 168 valence electrons. The van der Waals surface area contributed by atoms with E-state index in [1.165, 1.54) is 22.3 Å². The van der Waals surface area contributed by atoms with E-state index in [4.69, 9.17) is 21.7 Å². The highest BCUT2D eigenvalue weighted by Gasteiger charge is 2.45. The summed E-state index contributed by atoms with van der Waals surface area (Å²) in [6, 6.07) is 24.1. The van der Waals surface area contributed by atoms with Crippen LogP contribution in [0.4, 0.5) is 0 Å². The third kappa shape index (κ3) is 3.65. The molecule has 2 heterocycles. The molecular formula is C28H28N2O2S. The molecule has 0 radical (unpaired) electrons. The van der Waals surface area contributed by atoms with Crippen molar-refractivity contribution in [3.05, 3.63) is 83.4 Å². The Balaban J connectivity index is 1.23. The van der Waals surface area contributed by atoms with Gasteiger partial charge in [-0.3, -0.25) is 0 Å². The standard InChI is InChI=1S/C28H28N2O2S/c1-18-22-12-14-30(28(33)29-13-11-19-5-3-2-4-6-19)27(18)24-15-20(7-9-23(22)24)21-8-10-25-26(16-21)32-17-31-25/h2-10,15-16,18,22,27H,11-14,17H2,1H3,(H,29,33)/t18-,22?,27?/m0/s1. The number of hydrogen-bond donors (Lipinski definition) is 1. The van der Waals surface area contributed by atoms with Crippen LogP contribution in [0, 0.1) is 5.92 Å². The number of nitrogens with zero attached hydrogens (tertiary/aromatic N) is 1. The number of hydrogen-bond acceptors (Lipinski definition) is 3. The third-order valence-electron chi connectivity index (χ3n) is 7.45. The van der Waals surface area contributed by atoms with Gasteiger partial charge in [-0.05, 0) is 82.9 Å². The molecule has 0 saturated carbocycles. The molecule has 6 rings (SSSR count). The van der Waals surface area contributed by atoms with E-state index in [1.54, 1.807) is 0 Å². The monoisotopic (exact) mass is 456 g/mol. The maximum absolute atomic E-state index is 5.90. The summed E-state index contributed by atoms with van der Waals surface area (Å²) in [5.41, 5.74) is 6.62. The summed E-state index contributed by atoms with van der Waals surface area (Å²) in [7, 11) is 0. The lowest BCUT2D eigenvalue weighted by molar-refractivity contribution is 0.174. The van der Waals surface area contributed by atoms with Crippen LogP contribution in [-0.4, -0.2) is 29.9 Å². The van der Waals surface area contributed by atoms with Crippen LogP contribution in [0.2, 0.25) is 0 Å². The number of thiocarbonyl (C=S) groups is 1. The quantitative estimate of drug-likeness (QED) is 0.511. The second-order valence-electron chi connectivity index (χ2n) is 9.27. The van der Waals surface area contributed by atoms with E-state index in [-0.39, 0.29) is 0 Å². The number of rotatable bonds is 4. The number of benzene rings is 3. The molecular weight excluding hydrogens is 428 g/mol. The molecule has 1 saturated heterocycles. The molecule has 2 aliphatic heterocycles. The Labute approximate surface area is 200 Å². The molecule has 0 amide bonds. The highest BCUT2D eigenvalue weighted by molar-refractivity contribution is 7.80. The maximum Gasteiger partial charge on any atom is 0.231 e. The van der Waals surface area contributed by atoms with E-state index >= 15 is 0 Å². The minimum Gasteiger partial charge on any atom is -0.454 e. The van der Waals surface area contributed by atoms with E-state index in [0.717, 1.165) is 48.1 Å². The number of ether oxygens (including phenoxy) is 2. The zero-order valence-corrected chi connectivity index (χ0v) is 19.6. The summed E-state index contributed by atoms with van der Waals surface area (Å²) in [6.07, 6.45) is 2.12. The van der Waals surface area contributed by atoms with Gasteiger partial charge in [0.05, 0.1) is 6.04 Å². The summed E-state index contributed by atoms with van der Waals surface area (Å²) < 4.78 is 11.1. The number of nitrogens with one attached hydrogen (secondary N) is 1. The molecule has 3 aromatic carbocycles. The largest absolute Gasteiger partial charge is 0.454 e. The Hall–Kier alpha value is -3.05. The van der Waals surface area contributed by atoms with Gasteiger partial charge in [-0.25, -0.2) is 0 Å². The fraction of sp³-hybridized carbons (Fsp3) is 0.321. The van der Waals surface area contributed by atoms with Crippen molar-refractivity contribution in [3.8, 4) is 22.6 Å². The van der Waals surface area contributed by atoms with E-state index in [1.807, 2.05) is 6.07 Å². The van der Waals surface area contributed by atoms with Crippen LogP contribution < -0.4 is 14.8 Å². The predicted octanol–water partition coefficient (Wildman–Crippen LogP) is 5.68. The maximum atomic E-state index is 5.90. The second kappa shape index (κ2) is 8.38. The van der Waals surface area contributed by atoms with Crippen LogP contribution in [0.3, 0.4) is 0 Å². The van der Waals surface area contributed by atoms with Crippen molar-refractivity contribution < 1.29 is 9.47 Å². The van der Waals surface area contributed by atoms with E-state index in [9.17, 15) is 0 Å². The van der Waals surface area contributed by atoms with E-state index in [0.29, 0.717) is 24.7 Å². The molecule has 5 heteroatoms. The summed E-state index contributed by atoms with van der Waals surface area (Å²) in [6.45, 7) is 4.54. The Morgan fingerprint density at radius 2 is 1.76 bits per heavy atom. The van der Waals surface area contributed by atoms with Crippen molar-refractivity contribution in [2.45, 2.75) is 31.7 Å². The average molecular weight is 457 g/mol. The van der Waals surface area contributed by atoms with Crippen molar-refractivity contribution in [3.63, 3.8) is 0 Å². The van der Waals surface area contributed by atoms with Gasteiger partial charge < -0.3 is 19.7 Å². The lowest BCUT2D eigenvalue weighted by Crippen LogP contribution is -2.46. The van der Waals surface area contributed by atoms with Crippen molar-refractivity contribution in [1.29, 1.82) is 0 Å². The van der Waals surface area contributed by atoms with E-state index < -0.39 is 0 Å². The van der Waals surface area contributed by atoms with Gasteiger partial charge in [0.15, 0.2) is 16.6 Å². The smallest absolute Gasteiger partial charge is 0.231 e. The fourth-order valence-corrected chi connectivity index (χ4v) is 6.09. The zero-order valence-electron chi connectivity index (χ0n) is 18.8. The fourth-order valence-electron chi connectivity index (χ4n) is 5.79. The molecule has 1 N–H and O–H groups in total. The third-order valence-corrected chi connectivity index (χ3v) is 7.83. The minimum absolute atomic E-state index is 0.300. The van der Waals surface area contributed by atoms with Crippen LogP contribution >= 0.6 is 12.2 Å². The minimum atomic E-state index is 0.300. The molecule has 3 aliphatic rings. The van der Waals surface area contributed by atoms with Crippen LogP contribution in [-0.2, 0) is 6.42 Å². The Morgan fingerprint density at radius 1 is 0.970 bits per heavy atom. The van der Waals surface area contributed by atoms with Crippen LogP contribution in [0.1, 0.15) is 42.0 Å². The molecule has 3 atom stereocenters. The van der Waals surface area contributed by atoms with Gasteiger partial charge in [-0.1, -0.05) is 55.5 Å². The van der Waals surface area contributed by atoms with Gasteiger partial charge in [0.25, 0.3) is 0 Å². The van der Waals surface area contributed by atoms with Gasteiger partial charge in [0.2, 0.25) is 6.79 Å². The SMILES string of the molecule is C[C@H]1C2CCN(C(=S)NCCc3ccccc3)C1c1cc(-c3ccc4c(c3)OCO4)ccc12. The van der Waals surface area contributed by atoms with Gasteiger partial charge >= 0.3 is 0 Å². The molecule has 33 heavy (non-hydrogen) atoms. The number of fused-ring (bicyclic) bond motifs is 6. The first-order chi connectivity index (χ1) is 16.2. The molecule has 0 spiro atoms. The average Bonchev–Trinajstić information content (AvgIpc) is 3.37. The molecule has 0 aromatic heterocycles. The Bertz CT molecular complexity index is 1200. The van der Waals surface area contributed by atoms with E-state index in [2.05, 4.69) is 77.8 Å². The first kappa shape index (κ1) is 20.5. The van der Waals surface area contributed by atoms with Crippen molar-refractivity contribution >= 4 is 17.3 Å². The van der Waals surface area contributed by atoms with Gasteiger partial charge in [0.1, 0.15) is 0 Å². The van der Waals surface area contributed by atoms with Gasteiger partial charge in [-0.15, -0.1) is 0 Å². The molecule has 1 fully saturated rings. The van der Waals surface area contributed by atoms with Crippen molar-refractivity contribution in [2.24, 2.45) is 5.92 Å². The van der Waals surface area contributed by atoms with Crippen LogP contribution in [0.5, 0.6) is 11.5 Å². The molecule has 2 unspecified atom stereocenters. The number of likely N-dealkylation sites (tertiary alicyclic amines) is 1. The topological polar surface area (TPSA) is 33.7 Å². The Kier molecular flexibility index (Phi) is 5.22. The first-order valence-corrected chi connectivity index (χ1v) is 12.2. The van der Waals surface area contributed by atoms with Crippen LogP contribution in [0.25, 0.3) is 11.1 Å². The first-order valence-electron chi connectivity index (χ1n) is 11.8. The van der Waals surface area contributed by atoms with Crippen LogP contribution in [0.15, 0.2) is 66.7 Å². The molecule has 3 aromatic rings.